The molecule has 9 aromatic rings. The van der Waals surface area contributed by atoms with E-state index in [2.05, 4.69) is 122 Å². The highest BCUT2D eigenvalue weighted by atomic mass is 16.4. The third-order valence-electron chi connectivity index (χ3n) is 11.7. The van der Waals surface area contributed by atoms with E-state index in [4.69, 9.17) is 8.83 Å². The molecular weight excluding hydrogens is 719 g/mol. The van der Waals surface area contributed by atoms with Gasteiger partial charge in [0.1, 0.15) is 11.2 Å². The van der Waals surface area contributed by atoms with Gasteiger partial charge in [0.25, 0.3) is 0 Å². The normalized spacial score (nSPS) is 11.6. The van der Waals surface area contributed by atoms with E-state index in [-0.39, 0.29) is 11.3 Å². The van der Waals surface area contributed by atoms with Crippen LogP contribution >= 0.6 is 0 Å². The Morgan fingerprint density at radius 2 is 0.845 bits per heavy atom. The lowest BCUT2D eigenvalue weighted by Crippen LogP contribution is -2.21. The van der Waals surface area contributed by atoms with Crippen molar-refractivity contribution in [3.05, 3.63) is 154 Å². The van der Waals surface area contributed by atoms with Crippen LogP contribution in [0.5, 0.6) is 0 Å². The predicted molar refractivity (Wildman–Crippen MR) is 241 cm³/mol. The fraction of sp³-hybridized carbons (Fsp3) is 0.176. The van der Waals surface area contributed by atoms with E-state index in [1.165, 1.54) is 0 Å². The Bertz CT molecular complexity index is 2930. The van der Waals surface area contributed by atoms with Gasteiger partial charge in [0.05, 0.1) is 11.1 Å². The highest BCUT2D eigenvalue weighted by Crippen LogP contribution is 2.37. The molecule has 3 heterocycles. The molecule has 0 bridgehead atoms. The zero-order valence-corrected chi connectivity index (χ0v) is 33.5. The van der Waals surface area contributed by atoms with Crippen LogP contribution < -0.4 is 21.1 Å². The third kappa shape index (κ3) is 6.42. The lowest BCUT2D eigenvalue weighted by atomic mass is 9.96. The Kier molecular flexibility index (Phi) is 9.44. The minimum absolute atomic E-state index is 0.353. The van der Waals surface area contributed by atoms with Crippen LogP contribution in [0.15, 0.2) is 152 Å². The topological polar surface area (TPSA) is 71.8 Å². The summed E-state index contributed by atoms with van der Waals surface area (Å²) in [6.45, 7) is 12.0. The van der Waals surface area contributed by atoms with Crippen LogP contribution in [0.3, 0.4) is 0 Å². The Morgan fingerprint density at radius 1 is 0.448 bits per heavy atom. The molecule has 0 spiro atoms. The molecule has 288 valence electrons. The molecule has 0 unspecified atom stereocenters. The molecule has 3 aromatic heterocycles. The number of rotatable bonds is 10. The van der Waals surface area contributed by atoms with Crippen LogP contribution in [-0.4, -0.2) is 30.7 Å². The van der Waals surface area contributed by atoms with Crippen LogP contribution in [-0.2, 0) is 7.05 Å². The van der Waals surface area contributed by atoms with Crippen molar-refractivity contribution >= 4 is 55.1 Å². The molecule has 7 heteroatoms. The summed E-state index contributed by atoms with van der Waals surface area (Å²) in [5.41, 5.74) is 11.6. The largest absolute Gasteiger partial charge is 0.422 e. The molecule has 0 amide bonds. The van der Waals surface area contributed by atoms with Crippen LogP contribution in [0, 0.1) is 0 Å². The summed E-state index contributed by atoms with van der Waals surface area (Å²) in [5, 5.41) is 4.04. The van der Waals surface area contributed by atoms with Crippen molar-refractivity contribution in [2.24, 2.45) is 7.05 Å². The summed E-state index contributed by atoms with van der Waals surface area (Å²) < 4.78 is 14.0. The molecule has 0 saturated carbocycles. The minimum Gasteiger partial charge on any atom is -0.422 e. The predicted octanol–water partition coefficient (Wildman–Crippen LogP) is 11.9. The number of anilines is 2. The van der Waals surface area contributed by atoms with Crippen LogP contribution in [0.1, 0.15) is 27.7 Å². The van der Waals surface area contributed by atoms with Crippen LogP contribution in [0.25, 0.3) is 88.3 Å². The van der Waals surface area contributed by atoms with Gasteiger partial charge < -0.3 is 23.2 Å². The second kappa shape index (κ2) is 14.9. The third-order valence-corrected chi connectivity index (χ3v) is 11.7. The highest BCUT2D eigenvalue weighted by Gasteiger charge is 2.16. The first-order valence-corrected chi connectivity index (χ1v) is 20.2. The first-order chi connectivity index (χ1) is 28.3. The fourth-order valence-electron chi connectivity index (χ4n) is 8.48. The summed E-state index contributed by atoms with van der Waals surface area (Å²) in [6.07, 6.45) is 0. The van der Waals surface area contributed by atoms with Gasteiger partial charge in [-0.1, -0.05) is 48.5 Å². The highest BCUT2D eigenvalue weighted by molar-refractivity contribution is 6.10. The summed E-state index contributed by atoms with van der Waals surface area (Å²) in [5.74, 6) is 0. The van der Waals surface area contributed by atoms with Gasteiger partial charge in [0.15, 0.2) is 0 Å². The number of nitrogens with zero attached hydrogens (tertiary/aromatic N) is 3. The Hall–Kier alpha value is -6.86. The average Bonchev–Trinajstić information content (AvgIpc) is 3.53. The van der Waals surface area contributed by atoms with Crippen molar-refractivity contribution in [3.8, 4) is 44.5 Å². The number of hydrogen-bond acceptors (Lipinski definition) is 6. The van der Waals surface area contributed by atoms with Gasteiger partial charge in [-0.05, 0) is 134 Å². The average molecular weight is 764 g/mol. The Morgan fingerprint density at radius 3 is 1.26 bits per heavy atom. The summed E-state index contributed by atoms with van der Waals surface area (Å²) >= 11 is 0. The van der Waals surface area contributed by atoms with E-state index in [1.807, 2.05) is 60.7 Å². The Balaban J connectivity index is 1.07. The van der Waals surface area contributed by atoms with Crippen molar-refractivity contribution in [1.82, 2.24) is 4.57 Å². The molecule has 0 fully saturated rings. The minimum atomic E-state index is -0.353. The fourth-order valence-corrected chi connectivity index (χ4v) is 8.48. The number of benzene rings is 6. The maximum Gasteiger partial charge on any atom is 0.344 e. The standard InChI is InChI=1S/C51H45N3O4/c1-6-53(7-2)40-20-16-38-28-42(50(55)57-48(38)30-40)36-14-10-12-32(24-36)34-18-22-46-44(26-34)45-27-35(19-23-47(45)52(46)5)33-13-11-15-37(25-33)43-29-39-17-21-41(54(8-3)9-4)31-49(39)58-51(43)56/h10-31H,6-9H2,1-5H3. The van der Waals surface area contributed by atoms with E-state index in [9.17, 15) is 9.59 Å². The molecule has 9 rings (SSSR count). The van der Waals surface area contributed by atoms with Gasteiger partial charge >= 0.3 is 11.3 Å². The maximum absolute atomic E-state index is 13.4. The number of fused-ring (bicyclic) bond motifs is 5. The van der Waals surface area contributed by atoms with Crippen molar-refractivity contribution in [3.63, 3.8) is 0 Å². The Labute approximate surface area is 337 Å². The summed E-state index contributed by atoms with van der Waals surface area (Å²) in [4.78, 5) is 31.3. The first kappa shape index (κ1) is 36.8. The maximum atomic E-state index is 13.4. The van der Waals surface area contributed by atoms with Gasteiger partial charge in [-0.3, -0.25) is 0 Å². The van der Waals surface area contributed by atoms with Gasteiger partial charge in [-0.2, -0.15) is 0 Å². The molecule has 0 aliphatic carbocycles. The lowest BCUT2D eigenvalue weighted by molar-refractivity contribution is 0.563. The second-order valence-electron chi connectivity index (χ2n) is 14.9. The summed E-state index contributed by atoms with van der Waals surface area (Å²) in [6, 6.07) is 45.3. The number of aryl methyl sites for hydroxylation is 1. The monoisotopic (exact) mass is 763 g/mol. The van der Waals surface area contributed by atoms with Crippen LogP contribution in [0.2, 0.25) is 0 Å². The van der Waals surface area contributed by atoms with Gasteiger partial charge in [0.2, 0.25) is 0 Å². The van der Waals surface area contributed by atoms with Crippen molar-refractivity contribution in [2.75, 3.05) is 36.0 Å². The van der Waals surface area contributed by atoms with E-state index in [0.717, 1.165) is 104 Å². The quantitative estimate of drug-likeness (QED) is 0.129. The van der Waals surface area contributed by atoms with Gasteiger partial charge in [-0.25, -0.2) is 9.59 Å². The molecule has 0 N–H and O–H groups in total. The van der Waals surface area contributed by atoms with E-state index < -0.39 is 0 Å². The number of aromatic nitrogens is 1. The second-order valence-corrected chi connectivity index (χ2v) is 14.9. The zero-order chi connectivity index (χ0) is 40.1. The molecule has 0 atom stereocenters. The van der Waals surface area contributed by atoms with E-state index in [1.54, 1.807) is 0 Å². The first-order valence-electron chi connectivity index (χ1n) is 20.2. The molecule has 0 radical (unpaired) electrons. The summed E-state index contributed by atoms with van der Waals surface area (Å²) in [7, 11) is 2.10. The smallest absolute Gasteiger partial charge is 0.344 e. The number of hydrogen-bond donors (Lipinski definition) is 0. The van der Waals surface area contributed by atoms with Crippen molar-refractivity contribution < 1.29 is 8.83 Å². The van der Waals surface area contributed by atoms with E-state index in [0.29, 0.717) is 22.3 Å². The molecule has 58 heavy (non-hydrogen) atoms. The molecule has 7 nitrogen and oxygen atoms in total. The molecule has 0 aliphatic rings. The van der Waals surface area contributed by atoms with Gasteiger partial charge in [-0.15, -0.1) is 0 Å². The molecule has 0 saturated heterocycles. The van der Waals surface area contributed by atoms with E-state index >= 15 is 0 Å². The molecule has 0 aliphatic heterocycles. The SMILES string of the molecule is CCN(CC)c1ccc2cc(-c3cccc(-c4ccc5c(c4)c4cc(-c6cccc(-c7cc8ccc(N(CC)CC)cc8oc7=O)c6)ccc4n5C)c3)c(=O)oc2c1. The molecular formula is C51H45N3O4. The van der Waals surface area contributed by atoms with Crippen molar-refractivity contribution in [1.29, 1.82) is 0 Å². The van der Waals surface area contributed by atoms with Crippen LogP contribution in [0.4, 0.5) is 11.4 Å². The molecule has 6 aromatic carbocycles. The van der Waals surface area contributed by atoms with Crippen molar-refractivity contribution in [2.45, 2.75) is 27.7 Å². The zero-order valence-electron chi connectivity index (χ0n) is 33.5. The van der Waals surface area contributed by atoms with Gasteiger partial charge in [0, 0.05) is 89.3 Å². The lowest BCUT2D eigenvalue weighted by Gasteiger charge is -2.21.